The summed E-state index contributed by atoms with van der Waals surface area (Å²) in [6.45, 7) is 2.60. The highest BCUT2D eigenvalue weighted by Gasteiger charge is 2.28. The lowest BCUT2D eigenvalue weighted by atomic mass is 10.2. The summed E-state index contributed by atoms with van der Waals surface area (Å²) in [6, 6.07) is 14.6. The highest BCUT2D eigenvalue weighted by Crippen LogP contribution is 2.26. The van der Waals surface area contributed by atoms with Crippen molar-refractivity contribution < 1.29 is 13.2 Å². The van der Waals surface area contributed by atoms with Gasteiger partial charge in [0.15, 0.2) is 0 Å². The third kappa shape index (κ3) is 3.78. The van der Waals surface area contributed by atoms with Gasteiger partial charge in [0.05, 0.1) is 11.4 Å². The van der Waals surface area contributed by atoms with E-state index >= 15 is 0 Å². The van der Waals surface area contributed by atoms with Gasteiger partial charge in [-0.2, -0.15) is 0 Å². The molecule has 1 N–H and O–H groups in total. The average Bonchev–Trinajstić information content (AvgIpc) is 3.31. The van der Waals surface area contributed by atoms with Crippen LogP contribution in [0.25, 0.3) is 0 Å². The smallest absolute Gasteiger partial charge is 0.255 e. The van der Waals surface area contributed by atoms with Gasteiger partial charge >= 0.3 is 0 Å². The zero-order valence-corrected chi connectivity index (χ0v) is 15.9. The molecule has 2 aliphatic heterocycles. The minimum absolute atomic E-state index is 0.183. The first-order valence-electron chi connectivity index (χ1n) is 9.30. The Kier molecular flexibility index (Phi) is 4.78. The molecular formula is C20H23N3O3S. The van der Waals surface area contributed by atoms with Gasteiger partial charge in [0.2, 0.25) is 10.0 Å². The van der Waals surface area contributed by atoms with Crippen LogP contribution in [-0.2, 0) is 10.0 Å². The van der Waals surface area contributed by atoms with E-state index in [2.05, 4.69) is 16.3 Å². The van der Waals surface area contributed by atoms with Gasteiger partial charge in [-0.25, -0.2) is 8.42 Å². The lowest BCUT2D eigenvalue weighted by Gasteiger charge is -2.18. The molecule has 4 rings (SSSR count). The predicted octanol–water partition coefficient (Wildman–Crippen LogP) is 3.08. The van der Waals surface area contributed by atoms with Crippen molar-refractivity contribution in [3.63, 3.8) is 0 Å². The van der Waals surface area contributed by atoms with Crippen molar-refractivity contribution in [3.8, 4) is 0 Å². The summed E-state index contributed by atoms with van der Waals surface area (Å²) in [5.41, 5.74) is 3.00. The summed E-state index contributed by atoms with van der Waals surface area (Å²) in [6.07, 6.45) is 3.04. The number of rotatable bonds is 4. The van der Waals surface area contributed by atoms with Crippen molar-refractivity contribution >= 4 is 33.0 Å². The van der Waals surface area contributed by atoms with Crippen molar-refractivity contribution in [1.82, 2.24) is 0 Å². The Bertz CT molecular complexity index is 935. The molecule has 2 fully saturated rings. The van der Waals surface area contributed by atoms with E-state index in [1.807, 2.05) is 18.2 Å². The SMILES string of the molecule is O=C(Nc1cccc(N2CCCC2)c1)c1ccc(N2CCCS2(=O)=O)cc1. The second-order valence-electron chi connectivity index (χ2n) is 6.99. The maximum Gasteiger partial charge on any atom is 0.255 e. The highest BCUT2D eigenvalue weighted by atomic mass is 32.2. The standard InChI is InChI=1S/C20H23N3O3S/c24-20(21-17-5-3-6-19(15-17)22-11-1-2-12-22)16-7-9-18(10-8-16)23-13-4-14-27(23,25)26/h3,5-10,15H,1-2,4,11-14H2,(H,21,24). The molecule has 0 atom stereocenters. The van der Waals surface area contributed by atoms with Crippen LogP contribution in [0.3, 0.4) is 0 Å². The van der Waals surface area contributed by atoms with Crippen LogP contribution in [0, 0.1) is 0 Å². The second kappa shape index (κ2) is 7.23. The Morgan fingerprint density at radius 3 is 2.30 bits per heavy atom. The number of benzene rings is 2. The fourth-order valence-corrected chi connectivity index (χ4v) is 5.23. The molecule has 1 amide bonds. The fraction of sp³-hybridized carbons (Fsp3) is 0.350. The third-order valence-electron chi connectivity index (χ3n) is 5.09. The molecule has 0 bridgehead atoms. The summed E-state index contributed by atoms with van der Waals surface area (Å²) in [5, 5.41) is 2.93. The van der Waals surface area contributed by atoms with Gasteiger partial charge in [-0.3, -0.25) is 9.10 Å². The molecule has 2 aromatic carbocycles. The molecule has 6 nitrogen and oxygen atoms in total. The molecule has 0 radical (unpaired) electrons. The fourth-order valence-electron chi connectivity index (χ4n) is 3.67. The normalized spacial score (nSPS) is 18.7. The van der Waals surface area contributed by atoms with Crippen LogP contribution in [0.1, 0.15) is 29.6 Å². The molecule has 27 heavy (non-hydrogen) atoms. The van der Waals surface area contributed by atoms with E-state index in [1.54, 1.807) is 24.3 Å². The Hall–Kier alpha value is -2.54. The predicted molar refractivity (Wildman–Crippen MR) is 108 cm³/mol. The van der Waals surface area contributed by atoms with Gasteiger partial charge in [-0.1, -0.05) is 6.07 Å². The number of carbonyl (C=O) groups is 1. The first kappa shape index (κ1) is 17.9. The van der Waals surface area contributed by atoms with E-state index in [-0.39, 0.29) is 11.7 Å². The minimum Gasteiger partial charge on any atom is -0.371 e. The van der Waals surface area contributed by atoms with Crippen molar-refractivity contribution in [2.45, 2.75) is 19.3 Å². The summed E-state index contributed by atoms with van der Waals surface area (Å²) < 4.78 is 25.4. The Morgan fingerprint density at radius 1 is 0.889 bits per heavy atom. The Morgan fingerprint density at radius 2 is 1.63 bits per heavy atom. The van der Waals surface area contributed by atoms with Crippen molar-refractivity contribution in [1.29, 1.82) is 0 Å². The van der Waals surface area contributed by atoms with Crippen LogP contribution in [0.2, 0.25) is 0 Å². The lowest BCUT2D eigenvalue weighted by Crippen LogP contribution is -2.25. The van der Waals surface area contributed by atoms with Crippen LogP contribution in [0.5, 0.6) is 0 Å². The summed E-state index contributed by atoms with van der Waals surface area (Å²) in [7, 11) is -3.21. The van der Waals surface area contributed by atoms with E-state index in [9.17, 15) is 13.2 Å². The molecular weight excluding hydrogens is 362 g/mol. The van der Waals surface area contributed by atoms with Crippen molar-refractivity contribution in [2.75, 3.05) is 39.9 Å². The summed E-state index contributed by atoms with van der Waals surface area (Å²) in [4.78, 5) is 14.9. The van der Waals surface area contributed by atoms with Crippen LogP contribution < -0.4 is 14.5 Å². The maximum atomic E-state index is 12.6. The van der Waals surface area contributed by atoms with E-state index in [0.29, 0.717) is 24.2 Å². The number of hydrogen-bond donors (Lipinski definition) is 1. The van der Waals surface area contributed by atoms with Crippen LogP contribution in [0.4, 0.5) is 17.1 Å². The molecule has 0 saturated carbocycles. The second-order valence-corrected chi connectivity index (χ2v) is 9.00. The van der Waals surface area contributed by atoms with Crippen molar-refractivity contribution in [3.05, 3.63) is 54.1 Å². The number of sulfonamides is 1. The van der Waals surface area contributed by atoms with Crippen LogP contribution in [-0.4, -0.2) is 39.7 Å². The van der Waals surface area contributed by atoms with Gasteiger partial charge in [0.25, 0.3) is 5.91 Å². The van der Waals surface area contributed by atoms with Crippen molar-refractivity contribution in [2.24, 2.45) is 0 Å². The average molecular weight is 385 g/mol. The number of amides is 1. The largest absolute Gasteiger partial charge is 0.371 e. The highest BCUT2D eigenvalue weighted by molar-refractivity contribution is 7.93. The first-order valence-corrected chi connectivity index (χ1v) is 10.9. The molecule has 0 aromatic heterocycles. The number of hydrogen-bond acceptors (Lipinski definition) is 4. The number of anilines is 3. The molecule has 0 spiro atoms. The molecule has 2 aromatic rings. The first-order chi connectivity index (χ1) is 13.0. The molecule has 2 saturated heterocycles. The quantitative estimate of drug-likeness (QED) is 0.878. The van der Waals surface area contributed by atoms with Gasteiger partial charge in [-0.15, -0.1) is 0 Å². The number of nitrogens with one attached hydrogen (secondary N) is 1. The van der Waals surface area contributed by atoms with E-state index < -0.39 is 10.0 Å². The summed E-state index contributed by atoms with van der Waals surface area (Å²) >= 11 is 0. The summed E-state index contributed by atoms with van der Waals surface area (Å²) in [5.74, 6) is -0.0211. The van der Waals surface area contributed by atoms with Gasteiger partial charge in [0, 0.05) is 36.6 Å². The number of carbonyl (C=O) groups excluding carboxylic acids is 1. The third-order valence-corrected chi connectivity index (χ3v) is 6.96. The maximum absolute atomic E-state index is 12.6. The van der Waals surface area contributed by atoms with Gasteiger partial charge in [-0.05, 0) is 61.7 Å². The molecule has 142 valence electrons. The van der Waals surface area contributed by atoms with Gasteiger partial charge < -0.3 is 10.2 Å². The molecule has 0 aliphatic carbocycles. The molecule has 2 aliphatic rings. The molecule has 2 heterocycles. The van der Waals surface area contributed by atoms with Crippen LogP contribution in [0.15, 0.2) is 48.5 Å². The molecule has 0 unspecified atom stereocenters. The zero-order chi connectivity index (χ0) is 18.9. The lowest BCUT2D eigenvalue weighted by molar-refractivity contribution is 0.102. The zero-order valence-electron chi connectivity index (χ0n) is 15.1. The van der Waals surface area contributed by atoms with Gasteiger partial charge in [0.1, 0.15) is 0 Å². The van der Waals surface area contributed by atoms with Crippen LogP contribution >= 0.6 is 0 Å². The monoisotopic (exact) mass is 385 g/mol. The van der Waals surface area contributed by atoms with E-state index in [0.717, 1.165) is 24.5 Å². The minimum atomic E-state index is -3.21. The number of nitrogens with zero attached hydrogens (tertiary/aromatic N) is 2. The van der Waals surface area contributed by atoms with E-state index in [4.69, 9.17) is 0 Å². The van der Waals surface area contributed by atoms with E-state index in [1.165, 1.54) is 17.1 Å². The Labute approximate surface area is 159 Å². The molecule has 7 heteroatoms. The Balaban J connectivity index is 1.46. The topological polar surface area (TPSA) is 69.7 Å².